The van der Waals surface area contributed by atoms with Crippen molar-refractivity contribution in [3.8, 4) is 11.5 Å². The third kappa shape index (κ3) is 7.38. The number of halogens is 1. The first-order valence-corrected chi connectivity index (χ1v) is 15.0. The Labute approximate surface area is 225 Å². The number of hydrogen-bond acceptors (Lipinski definition) is 7. The molecular weight excluding hydrogens is 540 g/mol. The van der Waals surface area contributed by atoms with Crippen molar-refractivity contribution in [3.05, 3.63) is 57.8 Å². The lowest BCUT2D eigenvalue weighted by atomic mass is 10.1. The van der Waals surface area contributed by atoms with Crippen LogP contribution in [0.25, 0.3) is 6.08 Å². The number of nitrogens with zero attached hydrogens (tertiary/aromatic N) is 2. The number of ether oxygens (including phenoxy) is 2. The van der Waals surface area contributed by atoms with Crippen molar-refractivity contribution in [3.63, 3.8) is 0 Å². The molecule has 3 rings (SSSR count). The number of carbonyl (C=O) groups is 1. The minimum absolute atomic E-state index is 0.00900. The normalized spacial score (nSPS) is 16.2. The highest BCUT2D eigenvalue weighted by Gasteiger charge is 2.34. The van der Waals surface area contributed by atoms with Gasteiger partial charge in [-0.25, -0.2) is 0 Å². The zero-order chi connectivity index (χ0) is 26.1. The Kier molecular flexibility index (Phi) is 10.5. The second-order valence-corrected chi connectivity index (χ2v) is 12.5. The summed E-state index contributed by atoms with van der Waals surface area (Å²) in [5.74, 6) is 0.837. The fourth-order valence-corrected chi connectivity index (χ4v) is 7.03. The molecule has 36 heavy (non-hydrogen) atoms. The van der Waals surface area contributed by atoms with Gasteiger partial charge in [0.2, 0.25) is 0 Å². The average Bonchev–Trinajstić information content (AvgIpc) is 3.41. The smallest absolute Gasteiger partial charge is 0.294 e. The molecule has 194 valence electrons. The number of methoxy groups -OCH3 is 1. The Morgan fingerprint density at radius 1 is 1.14 bits per heavy atom. The fraction of sp³-hybridized carbons (Fsp3) is 0.360. The lowest BCUT2D eigenvalue weighted by Crippen LogP contribution is -2.29. The van der Waals surface area contributed by atoms with Crippen LogP contribution in [0.15, 0.2) is 56.5 Å². The van der Waals surface area contributed by atoms with Gasteiger partial charge in [-0.15, -0.1) is 22.3 Å². The summed E-state index contributed by atoms with van der Waals surface area (Å²) in [5, 5.41) is 0.0608. The molecule has 0 saturated carbocycles. The van der Waals surface area contributed by atoms with E-state index in [1.807, 2.05) is 12.1 Å². The van der Waals surface area contributed by atoms with Crippen LogP contribution in [-0.2, 0) is 14.8 Å². The molecule has 7 nitrogen and oxygen atoms in total. The first-order chi connectivity index (χ1) is 17.3. The van der Waals surface area contributed by atoms with Gasteiger partial charge in [0, 0.05) is 6.54 Å². The minimum atomic E-state index is -4.02. The molecule has 1 aromatic heterocycles. The van der Waals surface area contributed by atoms with Gasteiger partial charge >= 0.3 is 0 Å². The summed E-state index contributed by atoms with van der Waals surface area (Å²) < 4.78 is 41.1. The van der Waals surface area contributed by atoms with Crippen molar-refractivity contribution in [2.45, 2.75) is 43.2 Å². The molecular formula is C25H29ClN2O5S3. The summed E-state index contributed by atoms with van der Waals surface area (Å²) in [4.78, 5) is 14.7. The number of unbranched alkanes of at least 4 members (excludes halogenated alkanes) is 4. The second kappa shape index (κ2) is 13.3. The molecule has 0 aliphatic carbocycles. The molecule has 1 saturated heterocycles. The molecule has 1 aromatic carbocycles. The number of amides is 1. The van der Waals surface area contributed by atoms with Crippen LogP contribution >= 0.6 is 34.7 Å². The van der Waals surface area contributed by atoms with Crippen LogP contribution in [0.1, 0.15) is 44.6 Å². The van der Waals surface area contributed by atoms with Gasteiger partial charge < -0.3 is 9.47 Å². The van der Waals surface area contributed by atoms with Crippen molar-refractivity contribution >= 4 is 61.9 Å². The molecule has 0 N–H and O–H groups in total. The maximum absolute atomic E-state index is 13.0. The Morgan fingerprint density at radius 2 is 1.92 bits per heavy atom. The summed E-state index contributed by atoms with van der Waals surface area (Å²) >= 11 is 7.78. The Balaban J connectivity index is 1.79. The highest BCUT2D eigenvalue weighted by atomic mass is 35.5. The Morgan fingerprint density at radius 3 is 2.58 bits per heavy atom. The molecule has 0 radical (unpaired) electrons. The number of rotatable bonds is 13. The standard InChI is InChI=1S/C25H29ClN2O5S3/c1-4-6-7-8-9-15-33-19-11-10-18(16-20(19)32-3)17-21-24(29)28(14-5-2)25(34-21)27-36(30,31)23-13-12-22(26)35-23/h5,10-13,16-17H,2,4,6-9,14-15H2,1,3H3/b21-17-,27-25?. The van der Waals surface area contributed by atoms with Crippen molar-refractivity contribution in [2.75, 3.05) is 20.3 Å². The van der Waals surface area contributed by atoms with Gasteiger partial charge in [-0.05, 0) is 54.1 Å². The highest BCUT2D eigenvalue weighted by Crippen LogP contribution is 2.36. The predicted octanol–water partition coefficient (Wildman–Crippen LogP) is 6.61. The van der Waals surface area contributed by atoms with E-state index in [4.69, 9.17) is 21.1 Å². The predicted molar refractivity (Wildman–Crippen MR) is 149 cm³/mol. The quantitative estimate of drug-likeness (QED) is 0.154. The largest absolute Gasteiger partial charge is 0.493 e. The van der Waals surface area contributed by atoms with E-state index < -0.39 is 10.0 Å². The maximum atomic E-state index is 13.0. The summed E-state index contributed by atoms with van der Waals surface area (Å²) in [5.41, 5.74) is 0.714. The van der Waals surface area contributed by atoms with Gasteiger partial charge in [0.05, 0.1) is 23.0 Å². The first-order valence-electron chi connectivity index (χ1n) is 11.5. The Hall–Kier alpha value is -2.27. The summed E-state index contributed by atoms with van der Waals surface area (Å²) in [6, 6.07) is 8.30. The summed E-state index contributed by atoms with van der Waals surface area (Å²) in [7, 11) is -2.45. The van der Waals surface area contributed by atoms with E-state index in [2.05, 4.69) is 17.9 Å². The van der Waals surface area contributed by atoms with Crippen LogP contribution in [0, 0.1) is 0 Å². The molecule has 1 aliphatic heterocycles. The third-order valence-electron chi connectivity index (χ3n) is 5.19. The topological polar surface area (TPSA) is 85.3 Å². The van der Waals surface area contributed by atoms with Gasteiger partial charge in [0.15, 0.2) is 16.7 Å². The zero-order valence-corrected chi connectivity index (χ0v) is 23.4. The molecule has 0 atom stereocenters. The average molecular weight is 569 g/mol. The monoisotopic (exact) mass is 568 g/mol. The molecule has 0 unspecified atom stereocenters. The van der Waals surface area contributed by atoms with Crippen molar-refractivity contribution < 1.29 is 22.7 Å². The van der Waals surface area contributed by atoms with E-state index >= 15 is 0 Å². The number of amidine groups is 1. The SMILES string of the molecule is C=CCN1C(=O)/C(=C/c2ccc(OCCCCCCC)c(OC)c2)SC1=NS(=O)(=O)c1ccc(Cl)s1. The van der Waals surface area contributed by atoms with Gasteiger partial charge in [-0.2, -0.15) is 8.42 Å². The number of thioether (sulfide) groups is 1. The molecule has 11 heteroatoms. The fourth-order valence-electron chi connectivity index (χ4n) is 3.38. The van der Waals surface area contributed by atoms with E-state index in [0.29, 0.717) is 32.9 Å². The second-order valence-electron chi connectivity index (χ2n) is 7.90. The van der Waals surface area contributed by atoms with Crippen LogP contribution in [0.2, 0.25) is 4.34 Å². The molecule has 1 fully saturated rings. The van der Waals surface area contributed by atoms with Crippen molar-refractivity contribution in [1.29, 1.82) is 0 Å². The van der Waals surface area contributed by atoms with Crippen molar-refractivity contribution in [1.82, 2.24) is 4.90 Å². The molecule has 1 aliphatic rings. The number of carbonyl (C=O) groups excluding carboxylic acids is 1. The van der Waals surface area contributed by atoms with Crippen molar-refractivity contribution in [2.24, 2.45) is 4.40 Å². The zero-order valence-electron chi connectivity index (χ0n) is 20.2. The number of sulfonamides is 1. The summed E-state index contributed by atoms with van der Waals surface area (Å²) in [6.07, 6.45) is 8.92. The van der Waals surface area contributed by atoms with E-state index in [9.17, 15) is 13.2 Å². The number of thiophene rings is 1. The van der Waals surface area contributed by atoms with Crippen LogP contribution in [0.4, 0.5) is 0 Å². The van der Waals surface area contributed by atoms with Crippen LogP contribution < -0.4 is 9.47 Å². The minimum Gasteiger partial charge on any atom is -0.493 e. The summed E-state index contributed by atoms with van der Waals surface area (Å²) in [6.45, 7) is 6.58. The van der Waals surface area contributed by atoms with Gasteiger partial charge in [-0.1, -0.05) is 56.4 Å². The molecule has 1 amide bonds. The molecule has 2 aromatic rings. The number of hydrogen-bond donors (Lipinski definition) is 0. The van der Waals surface area contributed by atoms with E-state index in [-0.39, 0.29) is 21.8 Å². The van der Waals surface area contributed by atoms with Crippen LogP contribution in [0.5, 0.6) is 11.5 Å². The molecule has 0 bridgehead atoms. The van der Waals surface area contributed by atoms with E-state index in [0.717, 1.165) is 35.9 Å². The maximum Gasteiger partial charge on any atom is 0.294 e. The lowest BCUT2D eigenvalue weighted by Gasteiger charge is -2.12. The third-order valence-corrected chi connectivity index (χ3v) is 9.28. The van der Waals surface area contributed by atoms with Gasteiger partial charge in [0.25, 0.3) is 15.9 Å². The lowest BCUT2D eigenvalue weighted by molar-refractivity contribution is -0.121. The first kappa shape index (κ1) is 28.3. The van der Waals surface area contributed by atoms with Crippen LogP contribution in [0.3, 0.4) is 0 Å². The van der Waals surface area contributed by atoms with Crippen LogP contribution in [-0.4, -0.2) is 44.7 Å². The molecule has 2 heterocycles. The molecule has 0 spiro atoms. The Bertz CT molecular complexity index is 1250. The van der Waals surface area contributed by atoms with E-state index in [1.54, 1.807) is 19.3 Å². The van der Waals surface area contributed by atoms with Gasteiger partial charge in [-0.3, -0.25) is 9.69 Å². The number of benzene rings is 1. The highest BCUT2D eigenvalue weighted by molar-refractivity contribution is 8.19. The van der Waals surface area contributed by atoms with Gasteiger partial charge in [0.1, 0.15) is 4.21 Å². The van der Waals surface area contributed by atoms with E-state index in [1.165, 1.54) is 42.4 Å².